The minimum atomic E-state index is -3.86. The third-order valence-electron chi connectivity index (χ3n) is 4.99. The number of benzene rings is 3. The van der Waals surface area contributed by atoms with Crippen molar-refractivity contribution in [1.82, 2.24) is 19.9 Å². The van der Waals surface area contributed by atoms with Crippen LogP contribution >= 0.6 is 11.6 Å². The van der Waals surface area contributed by atoms with E-state index in [1.807, 2.05) is 67.7 Å². The number of carbonyl (C=O) groups is 1. The first-order chi connectivity index (χ1) is 16.8. The topological polar surface area (TPSA) is 105 Å². The molecule has 1 heterocycles. The smallest absolute Gasteiger partial charge is 0.255 e. The van der Waals surface area contributed by atoms with E-state index in [0.29, 0.717) is 16.3 Å². The zero-order valence-corrected chi connectivity index (χ0v) is 20.3. The van der Waals surface area contributed by atoms with E-state index in [1.54, 1.807) is 4.68 Å². The van der Waals surface area contributed by atoms with E-state index in [1.165, 1.54) is 30.5 Å². The van der Waals surface area contributed by atoms with Crippen molar-refractivity contribution in [3.63, 3.8) is 0 Å². The Morgan fingerprint density at radius 1 is 1.06 bits per heavy atom. The molecule has 4 rings (SSSR count). The van der Waals surface area contributed by atoms with Gasteiger partial charge in [0.05, 0.1) is 23.3 Å². The number of hydrazone groups is 1. The number of sulfonamides is 1. The molecule has 3 aromatic carbocycles. The minimum Gasteiger partial charge on any atom is -0.272 e. The lowest BCUT2D eigenvalue weighted by atomic mass is 10.1. The van der Waals surface area contributed by atoms with Gasteiger partial charge in [0.15, 0.2) is 0 Å². The lowest BCUT2D eigenvalue weighted by molar-refractivity contribution is -0.119. The number of amides is 1. The number of halogens is 1. The standard InChI is InChI=1S/C25H22ClN5O3S/c1-18-6-5-7-19(14-18)25-20(17-31(30-25)22-8-3-2-4-9-22)15-27-29-24(32)16-28-35(33,34)23-12-10-21(26)11-13-23/h2-15,17,28H,16H2,1H3,(H,29,32)/b27-15-. The van der Waals surface area contributed by atoms with Gasteiger partial charge in [0.25, 0.3) is 5.91 Å². The molecule has 0 saturated carbocycles. The molecule has 0 aliphatic rings. The summed E-state index contributed by atoms with van der Waals surface area (Å²) in [6.45, 7) is 1.52. The maximum absolute atomic E-state index is 12.3. The second kappa shape index (κ2) is 10.6. The summed E-state index contributed by atoms with van der Waals surface area (Å²) in [5.41, 5.74) is 6.59. The Morgan fingerprint density at radius 3 is 2.51 bits per heavy atom. The van der Waals surface area contributed by atoms with Gasteiger partial charge in [0, 0.05) is 22.3 Å². The molecule has 0 saturated heterocycles. The zero-order chi connectivity index (χ0) is 24.8. The molecule has 178 valence electrons. The van der Waals surface area contributed by atoms with Crippen molar-refractivity contribution >= 4 is 33.7 Å². The average Bonchev–Trinajstić information content (AvgIpc) is 3.28. The van der Waals surface area contributed by atoms with Crippen molar-refractivity contribution in [3.8, 4) is 16.9 Å². The van der Waals surface area contributed by atoms with Gasteiger partial charge in [0.1, 0.15) is 5.69 Å². The van der Waals surface area contributed by atoms with Gasteiger partial charge in [-0.25, -0.2) is 23.2 Å². The SMILES string of the molecule is Cc1cccc(-c2nn(-c3ccccc3)cc2/C=N\NC(=O)CNS(=O)(=O)c2ccc(Cl)cc2)c1. The fourth-order valence-corrected chi connectivity index (χ4v) is 4.39. The molecule has 0 spiro atoms. The second-order valence-electron chi connectivity index (χ2n) is 7.65. The van der Waals surface area contributed by atoms with Crippen LogP contribution in [0.5, 0.6) is 0 Å². The molecular formula is C25H22ClN5O3S. The van der Waals surface area contributed by atoms with Crippen molar-refractivity contribution < 1.29 is 13.2 Å². The van der Waals surface area contributed by atoms with Gasteiger partial charge in [-0.05, 0) is 49.4 Å². The first-order valence-electron chi connectivity index (χ1n) is 10.6. The number of hydrogen-bond donors (Lipinski definition) is 2. The van der Waals surface area contributed by atoms with Crippen molar-refractivity contribution in [1.29, 1.82) is 0 Å². The van der Waals surface area contributed by atoms with Crippen LogP contribution in [0.4, 0.5) is 0 Å². The maximum atomic E-state index is 12.3. The molecule has 8 nitrogen and oxygen atoms in total. The maximum Gasteiger partial charge on any atom is 0.255 e. The molecular weight excluding hydrogens is 486 g/mol. The van der Waals surface area contributed by atoms with E-state index in [0.717, 1.165) is 16.8 Å². The molecule has 0 atom stereocenters. The van der Waals surface area contributed by atoms with Crippen LogP contribution < -0.4 is 10.1 Å². The van der Waals surface area contributed by atoms with Gasteiger partial charge < -0.3 is 0 Å². The summed E-state index contributed by atoms with van der Waals surface area (Å²) in [7, 11) is -3.86. The number of carbonyl (C=O) groups excluding carboxylic acids is 1. The highest BCUT2D eigenvalue weighted by atomic mass is 35.5. The van der Waals surface area contributed by atoms with Crippen LogP contribution in [0, 0.1) is 6.92 Å². The largest absolute Gasteiger partial charge is 0.272 e. The molecule has 35 heavy (non-hydrogen) atoms. The Kier molecular flexibility index (Phi) is 7.40. The van der Waals surface area contributed by atoms with Crippen LogP contribution in [0.15, 0.2) is 95.1 Å². The monoisotopic (exact) mass is 507 g/mol. The molecule has 0 unspecified atom stereocenters. The molecule has 10 heteroatoms. The Bertz CT molecular complexity index is 1470. The third kappa shape index (κ3) is 6.21. The lowest BCUT2D eigenvalue weighted by Gasteiger charge is -2.06. The van der Waals surface area contributed by atoms with Crippen LogP contribution in [-0.4, -0.2) is 36.9 Å². The van der Waals surface area contributed by atoms with Gasteiger partial charge in [-0.1, -0.05) is 53.6 Å². The van der Waals surface area contributed by atoms with Gasteiger partial charge in [0.2, 0.25) is 10.0 Å². The molecule has 0 bridgehead atoms. The van der Waals surface area contributed by atoms with Crippen molar-refractivity contribution in [2.75, 3.05) is 6.54 Å². The number of rotatable bonds is 8. The highest BCUT2D eigenvalue weighted by Crippen LogP contribution is 2.23. The lowest BCUT2D eigenvalue weighted by Crippen LogP contribution is -2.34. The molecule has 1 amide bonds. The van der Waals surface area contributed by atoms with E-state index in [4.69, 9.17) is 16.7 Å². The van der Waals surface area contributed by atoms with E-state index in [9.17, 15) is 13.2 Å². The Labute approximate surface area is 208 Å². The Hall–Kier alpha value is -3.79. The van der Waals surface area contributed by atoms with Gasteiger partial charge in [-0.3, -0.25) is 4.79 Å². The van der Waals surface area contributed by atoms with Crippen LogP contribution in [0.1, 0.15) is 11.1 Å². The number of aryl methyl sites for hydroxylation is 1. The van der Waals surface area contributed by atoms with Gasteiger partial charge in [-0.2, -0.15) is 10.2 Å². The summed E-state index contributed by atoms with van der Waals surface area (Å²) in [6.07, 6.45) is 3.29. The first kappa shape index (κ1) is 24.3. The van der Waals surface area contributed by atoms with Crippen molar-refractivity contribution in [2.45, 2.75) is 11.8 Å². The highest BCUT2D eigenvalue weighted by Gasteiger charge is 2.15. The summed E-state index contributed by atoms with van der Waals surface area (Å²) >= 11 is 5.79. The fraction of sp³-hybridized carbons (Fsp3) is 0.0800. The molecule has 0 aliphatic heterocycles. The average molecular weight is 508 g/mol. The first-order valence-corrected chi connectivity index (χ1v) is 12.5. The summed E-state index contributed by atoms with van der Waals surface area (Å²) in [4.78, 5) is 12.2. The highest BCUT2D eigenvalue weighted by molar-refractivity contribution is 7.89. The number of nitrogens with one attached hydrogen (secondary N) is 2. The second-order valence-corrected chi connectivity index (χ2v) is 9.86. The number of aromatic nitrogens is 2. The zero-order valence-electron chi connectivity index (χ0n) is 18.7. The van der Waals surface area contributed by atoms with Crippen molar-refractivity contribution in [3.05, 3.63) is 101 Å². The summed E-state index contributed by atoms with van der Waals surface area (Å²) in [5.74, 6) is -0.619. The quantitative estimate of drug-likeness (QED) is 0.278. The van der Waals surface area contributed by atoms with Crippen LogP contribution in [0.25, 0.3) is 16.9 Å². The number of hydrogen-bond acceptors (Lipinski definition) is 5. The fourth-order valence-electron chi connectivity index (χ4n) is 3.28. The van der Waals surface area contributed by atoms with E-state index >= 15 is 0 Å². The molecule has 0 radical (unpaired) electrons. The predicted octanol–water partition coefficient (Wildman–Crippen LogP) is 3.93. The Morgan fingerprint density at radius 2 is 1.80 bits per heavy atom. The molecule has 0 fully saturated rings. The predicted molar refractivity (Wildman–Crippen MR) is 136 cm³/mol. The molecule has 0 aliphatic carbocycles. The van der Waals surface area contributed by atoms with E-state index in [-0.39, 0.29) is 4.90 Å². The molecule has 1 aromatic heterocycles. The third-order valence-corrected chi connectivity index (χ3v) is 6.66. The number of para-hydroxylation sites is 1. The van der Waals surface area contributed by atoms with Crippen molar-refractivity contribution in [2.24, 2.45) is 5.10 Å². The minimum absolute atomic E-state index is 0.00863. The Balaban J connectivity index is 1.48. The van der Waals surface area contributed by atoms with Gasteiger partial charge >= 0.3 is 0 Å². The normalized spacial score (nSPS) is 11.6. The summed E-state index contributed by atoms with van der Waals surface area (Å²) in [6, 6.07) is 23.2. The summed E-state index contributed by atoms with van der Waals surface area (Å²) in [5, 5.41) is 9.14. The number of nitrogens with zero attached hydrogens (tertiary/aromatic N) is 3. The van der Waals surface area contributed by atoms with E-state index in [2.05, 4.69) is 15.2 Å². The van der Waals surface area contributed by atoms with Crippen LogP contribution in [-0.2, 0) is 14.8 Å². The van der Waals surface area contributed by atoms with E-state index < -0.39 is 22.5 Å². The molecule has 2 N–H and O–H groups in total. The van der Waals surface area contributed by atoms with Crippen LogP contribution in [0.2, 0.25) is 5.02 Å². The summed E-state index contributed by atoms with van der Waals surface area (Å²) < 4.78 is 28.6. The molecule has 4 aromatic rings. The van der Waals surface area contributed by atoms with Gasteiger partial charge in [-0.15, -0.1) is 0 Å². The van der Waals surface area contributed by atoms with Crippen LogP contribution in [0.3, 0.4) is 0 Å².